The zero-order valence-electron chi connectivity index (χ0n) is 10.1. The van der Waals surface area contributed by atoms with Gasteiger partial charge in [-0.15, -0.1) is 0 Å². The van der Waals surface area contributed by atoms with E-state index in [2.05, 4.69) is 0 Å². The maximum Gasteiger partial charge on any atom is 0.261 e. The van der Waals surface area contributed by atoms with Crippen LogP contribution >= 0.6 is 22.6 Å². The quantitative estimate of drug-likeness (QED) is 0.823. The summed E-state index contributed by atoms with van der Waals surface area (Å²) in [4.78, 5) is 13.4. The molecule has 0 heterocycles. The van der Waals surface area contributed by atoms with E-state index in [4.69, 9.17) is 0 Å². The zero-order valence-corrected chi connectivity index (χ0v) is 12.3. The van der Waals surface area contributed by atoms with Gasteiger partial charge in [0, 0.05) is 10.6 Å². The summed E-state index contributed by atoms with van der Waals surface area (Å²) in [7, 11) is 1.47. The number of nitrogens with zero attached hydrogens (tertiary/aromatic N) is 1. The van der Waals surface area contributed by atoms with Gasteiger partial charge in [0.2, 0.25) is 0 Å². The summed E-state index contributed by atoms with van der Waals surface area (Å²) in [6.45, 7) is 0. The molecule has 0 unspecified atom stereocenters. The Kier molecular flexibility index (Phi) is 4.04. The number of benzene rings is 2. The number of aromatic hydroxyl groups is 1. The molecule has 5 heteroatoms. The van der Waals surface area contributed by atoms with Crippen molar-refractivity contribution in [2.24, 2.45) is 0 Å². The van der Waals surface area contributed by atoms with Gasteiger partial charge >= 0.3 is 0 Å². The Labute approximate surface area is 123 Å². The molecule has 0 saturated carbocycles. The molecule has 98 valence electrons. The molecule has 0 aliphatic heterocycles. The zero-order chi connectivity index (χ0) is 14.0. The summed E-state index contributed by atoms with van der Waals surface area (Å²) < 4.78 is 14.5. The van der Waals surface area contributed by atoms with Crippen LogP contribution in [0.4, 0.5) is 10.1 Å². The standard InChI is InChI=1S/C14H11FINO2/c1-17(12-5-3-2-4-11(12)15)14(19)10-8-9(16)6-7-13(10)18/h2-8,18H,1H3. The summed E-state index contributed by atoms with van der Waals surface area (Å²) in [5.41, 5.74) is 0.323. The van der Waals surface area contributed by atoms with Crippen molar-refractivity contribution in [1.29, 1.82) is 0 Å². The van der Waals surface area contributed by atoms with Crippen molar-refractivity contribution >= 4 is 34.2 Å². The number of rotatable bonds is 2. The van der Waals surface area contributed by atoms with Crippen LogP contribution < -0.4 is 4.90 Å². The number of halogens is 2. The van der Waals surface area contributed by atoms with Gasteiger partial charge in [-0.25, -0.2) is 4.39 Å². The van der Waals surface area contributed by atoms with Crippen molar-refractivity contribution in [3.8, 4) is 5.75 Å². The first-order chi connectivity index (χ1) is 9.00. The Morgan fingerprint density at radius 2 is 1.95 bits per heavy atom. The minimum Gasteiger partial charge on any atom is -0.507 e. The highest BCUT2D eigenvalue weighted by Gasteiger charge is 2.19. The third-order valence-corrected chi connectivity index (χ3v) is 3.38. The fourth-order valence-corrected chi connectivity index (χ4v) is 2.18. The molecule has 0 spiro atoms. The maximum atomic E-state index is 13.6. The second-order valence-electron chi connectivity index (χ2n) is 3.98. The van der Waals surface area contributed by atoms with Crippen LogP contribution in [0.1, 0.15) is 10.4 Å². The van der Waals surface area contributed by atoms with Gasteiger partial charge in [-0.05, 0) is 52.9 Å². The van der Waals surface area contributed by atoms with E-state index in [0.717, 1.165) is 3.57 Å². The first kappa shape index (κ1) is 13.8. The largest absolute Gasteiger partial charge is 0.507 e. The predicted molar refractivity (Wildman–Crippen MR) is 80.0 cm³/mol. The van der Waals surface area contributed by atoms with Crippen LogP contribution in [0.15, 0.2) is 42.5 Å². The molecular weight excluding hydrogens is 360 g/mol. The third kappa shape index (κ3) is 2.86. The van der Waals surface area contributed by atoms with Crippen molar-refractivity contribution in [2.45, 2.75) is 0 Å². The lowest BCUT2D eigenvalue weighted by molar-refractivity contribution is 0.0989. The van der Waals surface area contributed by atoms with Crippen LogP contribution in [-0.4, -0.2) is 18.1 Å². The Balaban J connectivity index is 2.39. The number of phenolic OH excluding ortho intramolecular Hbond substituents is 1. The van der Waals surface area contributed by atoms with Crippen LogP contribution in [-0.2, 0) is 0 Å². The van der Waals surface area contributed by atoms with Gasteiger partial charge in [0.25, 0.3) is 5.91 Å². The number of anilines is 1. The Morgan fingerprint density at radius 3 is 2.63 bits per heavy atom. The molecule has 0 aliphatic rings. The number of amides is 1. The Bertz CT molecular complexity index is 631. The highest BCUT2D eigenvalue weighted by molar-refractivity contribution is 14.1. The van der Waals surface area contributed by atoms with Crippen molar-refractivity contribution in [2.75, 3.05) is 11.9 Å². The Morgan fingerprint density at radius 1 is 1.26 bits per heavy atom. The molecule has 1 amide bonds. The molecular formula is C14H11FINO2. The molecule has 0 radical (unpaired) electrons. The Hall–Kier alpha value is -1.63. The maximum absolute atomic E-state index is 13.6. The minimum absolute atomic E-state index is 0.117. The van der Waals surface area contributed by atoms with Gasteiger partial charge in [-0.3, -0.25) is 4.79 Å². The highest BCUT2D eigenvalue weighted by atomic mass is 127. The van der Waals surface area contributed by atoms with Crippen LogP contribution in [0.3, 0.4) is 0 Å². The smallest absolute Gasteiger partial charge is 0.261 e. The first-order valence-corrected chi connectivity index (χ1v) is 6.59. The van der Waals surface area contributed by atoms with Gasteiger partial charge in [-0.1, -0.05) is 12.1 Å². The normalized spacial score (nSPS) is 10.3. The van der Waals surface area contributed by atoms with Gasteiger partial charge < -0.3 is 10.0 Å². The van der Waals surface area contributed by atoms with E-state index in [1.165, 1.54) is 30.1 Å². The van der Waals surface area contributed by atoms with Crippen LogP contribution in [0.25, 0.3) is 0 Å². The van der Waals surface area contributed by atoms with Crippen LogP contribution in [0.2, 0.25) is 0 Å². The van der Waals surface area contributed by atoms with E-state index in [1.54, 1.807) is 24.3 Å². The van der Waals surface area contributed by atoms with Gasteiger partial charge in [0.1, 0.15) is 11.6 Å². The molecule has 0 fully saturated rings. The minimum atomic E-state index is -0.483. The van der Waals surface area contributed by atoms with E-state index in [9.17, 15) is 14.3 Å². The lowest BCUT2D eigenvalue weighted by Gasteiger charge is -2.18. The molecule has 2 rings (SSSR count). The van der Waals surface area contributed by atoms with E-state index >= 15 is 0 Å². The molecule has 1 N–H and O–H groups in total. The van der Waals surface area contributed by atoms with E-state index < -0.39 is 11.7 Å². The summed E-state index contributed by atoms with van der Waals surface area (Å²) in [6, 6.07) is 10.7. The molecule has 2 aromatic rings. The van der Waals surface area contributed by atoms with E-state index in [0.29, 0.717) is 0 Å². The van der Waals surface area contributed by atoms with Gasteiger partial charge in [0.05, 0.1) is 11.3 Å². The number of hydrogen-bond acceptors (Lipinski definition) is 2. The SMILES string of the molecule is CN(C(=O)c1cc(I)ccc1O)c1ccccc1F. The molecule has 0 aliphatic carbocycles. The predicted octanol–water partition coefficient (Wildman–Crippen LogP) is 3.41. The van der Waals surface area contributed by atoms with Crippen molar-refractivity contribution in [1.82, 2.24) is 0 Å². The van der Waals surface area contributed by atoms with Crippen LogP contribution in [0.5, 0.6) is 5.75 Å². The fourth-order valence-electron chi connectivity index (χ4n) is 1.69. The molecule has 0 atom stereocenters. The highest BCUT2D eigenvalue weighted by Crippen LogP contribution is 2.24. The lowest BCUT2D eigenvalue weighted by atomic mass is 10.1. The van der Waals surface area contributed by atoms with E-state index in [-0.39, 0.29) is 17.0 Å². The first-order valence-electron chi connectivity index (χ1n) is 5.52. The molecule has 3 nitrogen and oxygen atoms in total. The number of carbonyl (C=O) groups is 1. The molecule has 0 aromatic heterocycles. The lowest BCUT2D eigenvalue weighted by Crippen LogP contribution is -2.27. The number of phenols is 1. The monoisotopic (exact) mass is 371 g/mol. The van der Waals surface area contributed by atoms with Crippen molar-refractivity contribution < 1.29 is 14.3 Å². The average molecular weight is 371 g/mol. The summed E-state index contributed by atoms with van der Waals surface area (Å²) in [5.74, 6) is -1.06. The number of para-hydroxylation sites is 1. The fraction of sp³-hybridized carbons (Fsp3) is 0.0714. The van der Waals surface area contributed by atoms with Crippen molar-refractivity contribution in [3.05, 3.63) is 57.4 Å². The summed E-state index contributed by atoms with van der Waals surface area (Å²) in [6.07, 6.45) is 0. The van der Waals surface area contributed by atoms with Gasteiger partial charge in [0.15, 0.2) is 0 Å². The molecule has 19 heavy (non-hydrogen) atoms. The van der Waals surface area contributed by atoms with Crippen LogP contribution in [0, 0.1) is 9.39 Å². The second-order valence-corrected chi connectivity index (χ2v) is 5.22. The molecule has 0 bridgehead atoms. The molecule has 0 saturated heterocycles. The average Bonchev–Trinajstić information content (AvgIpc) is 2.40. The summed E-state index contributed by atoms with van der Waals surface area (Å²) in [5, 5.41) is 9.73. The second kappa shape index (κ2) is 5.56. The van der Waals surface area contributed by atoms with E-state index in [1.807, 2.05) is 22.6 Å². The molecule has 2 aromatic carbocycles. The number of carbonyl (C=O) groups excluding carboxylic acids is 1. The number of hydrogen-bond donors (Lipinski definition) is 1. The summed E-state index contributed by atoms with van der Waals surface area (Å²) >= 11 is 2.04. The third-order valence-electron chi connectivity index (χ3n) is 2.71. The topological polar surface area (TPSA) is 40.5 Å². The van der Waals surface area contributed by atoms with Gasteiger partial charge in [-0.2, -0.15) is 0 Å². The van der Waals surface area contributed by atoms with Crippen molar-refractivity contribution in [3.63, 3.8) is 0 Å².